The van der Waals surface area contributed by atoms with E-state index in [2.05, 4.69) is 48.3 Å². The van der Waals surface area contributed by atoms with E-state index >= 15 is 0 Å². The quantitative estimate of drug-likeness (QED) is 0.856. The van der Waals surface area contributed by atoms with E-state index in [1.54, 1.807) is 0 Å². The molecule has 2 aliphatic rings. The van der Waals surface area contributed by atoms with Gasteiger partial charge in [-0.25, -0.2) is 0 Å². The van der Waals surface area contributed by atoms with Gasteiger partial charge in [0, 0.05) is 31.4 Å². The van der Waals surface area contributed by atoms with Crippen LogP contribution in [-0.2, 0) is 6.54 Å². The second-order valence-corrected chi connectivity index (χ2v) is 6.23. The minimum Gasteiger partial charge on any atom is -0.371 e. The van der Waals surface area contributed by atoms with Crippen LogP contribution in [0.2, 0.25) is 0 Å². The summed E-state index contributed by atoms with van der Waals surface area (Å²) < 4.78 is 0. The predicted octanol–water partition coefficient (Wildman–Crippen LogP) is 3.03. The van der Waals surface area contributed by atoms with Gasteiger partial charge in [0.05, 0.1) is 0 Å². The maximum absolute atomic E-state index is 3.58. The van der Waals surface area contributed by atoms with Gasteiger partial charge in [0.15, 0.2) is 0 Å². The molecule has 3 rings (SSSR count). The lowest BCUT2D eigenvalue weighted by Crippen LogP contribution is -2.49. The Balaban J connectivity index is 1.57. The third kappa shape index (κ3) is 2.69. The molecule has 1 aromatic rings. The van der Waals surface area contributed by atoms with Crippen LogP contribution >= 0.6 is 0 Å². The fraction of sp³-hybridized carbons (Fsp3) is 0.625. The third-order valence-corrected chi connectivity index (χ3v) is 4.30. The average molecular weight is 244 g/mol. The highest BCUT2D eigenvalue weighted by molar-refractivity contribution is 5.50. The molecule has 1 aliphatic heterocycles. The van der Waals surface area contributed by atoms with E-state index < -0.39 is 0 Å². The minimum absolute atomic E-state index is 0.794. The molecule has 0 aromatic heterocycles. The van der Waals surface area contributed by atoms with Crippen LogP contribution in [0.1, 0.15) is 32.3 Å². The summed E-state index contributed by atoms with van der Waals surface area (Å²) in [5.74, 6) is 1.71. The molecular weight excluding hydrogens is 220 g/mol. The first-order valence-electron chi connectivity index (χ1n) is 7.29. The van der Waals surface area contributed by atoms with E-state index in [1.807, 2.05) is 0 Å². The molecule has 18 heavy (non-hydrogen) atoms. The van der Waals surface area contributed by atoms with Crippen molar-refractivity contribution < 1.29 is 0 Å². The van der Waals surface area contributed by atoms with Gasteiger partial charge >= 0.3 is 0 Å². The van der Waals surface area contributed by atoms with Crippen LogP contribution in [0.5, 0.6) is 0 Å². The first-order valence-corrected chi connectivity index (χ1v) is 7.29. The molecule has 1 heterocycles. The highest BCUT2D eigenvalue weighted by Gasteiger charge is 2.29. The monoisotopic (exact) mass is 244 g/mol. The molecule has 1 aromatic carbocycles. The van der Waals surface area contributed by atoms with Crippen molar-refractivity contribution in [3.05, 3.63) is 29.8 Å². The zero-order chi connectivity index (χ0) is 12.5. The van der Waals surface area contributed by atoms with E-state index in [1.165, 1.54) is 37.2 Å². The second kappa shape index (κ2) is 4.93. The van der Waals surface area contributed by atoms with Gasteiger partial charge in [-0.2, -0.15) is 0 Å². The number of hydrogen-bond acceptors (Lipinski definition) is 2. The molecule has 1 aliphatic carbocycles. The highest BCUT2D eigenvalue weighted by atomic mass is 15.2. The van der Waals surface area contributed by atoms with E-state index in [-0.39, 0.29) is 0 Å². The van der Waals surface area contributed by atoms with Gasteiger partial charge in [-0.15, -0.1) is 0 Å². The Morgan fingerprint density at radius 2 is 2.06 bits per heavy atom. The lowest BCUT2D eigenvalue weighted by atomic mass is 9.88. The van der Waals surface area contributed by atoms with Crippen molar-refractivity contribution in [1.82, 2.24) is 5.32 Å². The molecule has 0 radical (unpaired) electrons. The Hall–Kier alpha value is -1.02. The van der Waals surface area contributed by atoms with E-state index in [9.17, 15) is 0 Å². The Kier molecular flexibility index (Phi) is 3.29. The Bertz CT molecular complexity index is 403. The molecule has 0 unspecified atom stereocenters. The van der Waals surface area contributed by atoms with Gasteiger partial charge in [-0.3, -0.25) is 0 Å². The summed E-state index contributed by atoms with van der Waals surface area (Å²) in [6.07, 6.45) is 2.73. The third-order valence-electron chi connectivity index (χ3n) is 4.30. The van der Waals surface area contributed by atoms with Crippen LogP contribution in [0.15, 0.2) is 24.3 Å². The summed E-state index contributed by atoms with van der Waals surface area (Å²) in [4.78, 5) is 2.51. The summed E-state index contributed by atoms with van der Waals surface area (Å²) in [5.41, 5.74) is 2.83. The van der Waals surface area contributed by atoms with E-state index in [4.69, 9.17) is 0 Å². The van der Waals surface area contributed by atoms with Gasteiger partial charge in [-0.05, 0) is 42.4 Å². The zero-order valence-electron chi connectivity index (χ0n) is 11.5. The van der Waals surface area contributed by atoms with E-state index in [0.29, 0.717) is 0 Å². The summed E-state index contributed by atoms with van der Waals surface area (Å²) >= 11 is 0. The smallest absolute Gasteiger partial charge is 0.0369 e. The van der Waals surface area contributed by atoms with Crippen LogP contribution < -0.4 is 10.2 Å². The maximum atomic E-state index is 3.58. The summed E-state index contributed by atoms with van der Waals surface area (Å²) in [7, 11) is 0. The molecule has 0 amide bonds. The Morgan fingerprint density at radius 3 is 2.72 bits per heavy atom. The van der Waals surface area contributed by atoms with Crippen LogP contribution in [0, 0.1) is 11.8 Å². The SMILES string of the molecule is CC(C)C1CN(c2cccc(CNC3CC3)c2)C1. The van der Waals surface area contributed by atoms with Crippen molar-refractivity contribution in [2.45, 2.75) is 39.3 Å². The Labute approximate surface area is 110 Å². The highest BCUT2D eigenvalue weighted by Crippen LogP contribution is 2.29. The minimum atomic E-state index is 0.794. The van der Waals surface area contributed by atoms with Crippen LogP contribution in [-0.4, -0.2) is 19.1 Å². The van der Waals surface area contributed by atoms with Crippen molar-refractivity contribution in [1.29, 1.82) is 0 Å². The standard InChI is InChI=1S/C16H24N2/c1-12(2)14-10-18(11-14)16-5-3-4-13(8-16)9-17-15-6-7-15/h3-5,8,12,14-15,17H,6-7,9-11H2,1-2H3. The zero-order valence-corrected chi connectivity index (χ0v) is 11.5. The number of hydrogen-bond donors (Lipinski definition) is 1. The van der Waals surface area contributed by atoms with Crippen molar-refractivity contribution in [2.75, 3.05) is 18.0 Å². The number of rotatable bonds is 5. The van der Waals surface area contributed by atoms with Gasteiger partial charge in [0.25, 0.3) is 0 Å². The van der Waals surface area contributed by atoms with Crippen molar-refractivity contribution in [3.63, 3.8) is 0 Å². The van der Waals surface area contributed by atoms with Gasteiger partial charge in [0.1, 0.15) is 0 Å². The Morgan fingerprint density at radius 1 is 1.28 bits per heavy atom. The van der Waals surface area contributed by atoms with Crippen molar-refractivity contribution >= 4 is 5.69 Å². The first kappa shape index (κ1) is 12.0. The average Bonchev–Trinajstić information content (AvgIpc) is 3.08. The van der Waals surface area contributed by atoms with Crippen molar-refractivity contribution in [3.8, 4) is 0 Å². The topological polar surface area (TPSA) is 15.3 Å². The molecule has 2 heteroatoms. The molecule has 98 valence electrons. The van der Waals surface area contributed by atoms with Crippen LogP contribution in [0.3, 0.4) is 0 Å². The van der Waals surface area contributed by atoms with Gasteiger partial charge in [-0.1, -0.05) is 26.0 Å². The first-order chi connectivity index (χ1) is 8.72. The fourth-order valence-corrected chi connectivity index (χ4v) is 2.56. The molecule has 1 N–H and O–H groups in total. The molecular formula is C16H24N2. The fourth-order valence-electron chi connectivity index (χ4n) is 2.56. The molecule has 1 saturated carbocycles. The predicted molar refractivity (Wildman–Crippen MR) is 76.8 cm³/mol. The van der Waals surface area contributed by atoms with Crippen LogP contribution in [0.4, 0.5) is 5.69 Å². The molecule has 0 atom stereocenters. The molecule has 2 fully saturated rings. The summed E-state index contributed by atoms with van der Waals surface area (Å²) in [6, 6.07) is 9.83. The number of nitrogens with one attached hydrogen (secondary N) is 1. The summed E-state index contributed by atoms with van der Waals surface area (Å²) in [5, 5.41) is 3.58. The van der Waals surface area contributed by atoms with Crippen LogP contribution in [0.25, 0.3) is 0 Å². The molecule has 0 bridgehead atoms. The number of benzene rings is 1. The molecule has 0 spiro atoms. The summed E-state index contributed by atoms with van der Waals surface area (Å²) in [6.45, 7) is 8.16. The number of anilines is 1. The van der Waals surface area contributed by atoms with Crippen molar-refractivity contribution in [2.24, 2.45) is 11.8 Å². The van der Waals surface area contributed by atoms with Gasteiger partial charge < -0.3 is 10.2 Å². The lowest BCUT2D eigenvalue weighted by molar-refractivity contribution is 0.310. The number of nitrogens with zero attached hydrogens (tertiary/aromatic N) is 1. The largest absolute Gasteiger partial charge is 0.371 e. The second-order valence-electron chi connectivity index (χ2n) is 6.23. The van der Waals surface area contributed by atoms with Gasteiger partial charge in [0.2, 0.25) is 0 Å². The maximum Gasteiger partial charge on any atom is 0.0369 e. The van der Waals surface area contributed by atoms with E-state index in [0.717, 1.165) is 24.4 Å². The molecule has 1 saturated heterocycles. The normalized spacial score (nSPS) is 20.3. The lowest BCUT2D eigenvalue weighted by Gasteiger charge is -2.43. The molecule has 2 nitrogen and oxygen atoms in total.